The number of rotatable bonds is 5. The van der Waals surface area contributed by atoms with Gasteiger partial charge in [-0.05, 0) is 36.7 Å². The molecule has 0 aliphatic carbocycles. The molecular formula is C14H19N3O. The summed E-state index contributed by atoms with van der Waals surface area (Å²) >= 11 is 0. The van der Waals surface area contributed by atoms with Crippen LogP contribution in [-0.4, -0.2) is 17.4 Å². The second-order valence-corrected chi connectivity index (χ2v) is 4.54. The Morgan fingerprint density at radius 2 is 2.28 bits per heavy atom. The van der Waals surface area contributed by atoms with Gasteiger partial charge in [0.1, 0.15) is 0 Å². The van der Waals surface area contributed by atoms with Crippen molar-refractivity contribution < 1.29 is 4.79 Å². The van der Waals surface area contributed by atoms with Gasteiger partial charge in [-0.25, -0.2) is 0 Å². The van der Waals surface area contributed by atoms with Crippen molar-refractivity contribution in [2.24, 2.45) is 11.7 Å². The maximum atomic E-state index is 11.8. The maximum absolute atomic E-state index is 11.8. The maximum Gasteiger partial charge on any atom is 0.224 e. The van der Waals surface area contributed by atoms with Gasteiger partial charge in [-0.15, -0.1) is 0 Å². The van der Waals surface area contributed by atoms with Gasteiger partial charge in [0.15, 0.2) is 0 Å². The van der Waals surface area contributed by atoms with E-state index in [1.54, 1.807) is 0 Å². The average Bonchev–Trinajstić information content (AvgIpc) is 2.83. The van der Waals surface area contributed by atoms with Crippen LogP contribution in [0.1, 0.15) is 19.8 Å². The molecule has 1 heterocycles. The Balaban J connectivity index is 2.01. The third-order valence-corrected chi connectivity index (χ3v) is 3.22. The van der Waals surface area contributed by atoms with Gasteiger partial charge in [-0.3, -0.25) is 4.79 Å². The van der Waals surface area contributed by atoms with Crippen LogP contribution in [0.15, 0.2) is 30.5 Å². The molecule has 4 nitrogen and oxygen atoms in total. The quantitative estimate of drug-likeness (QED) is 0.757. The van der Waals surface area contributed by atoms with Crippen molar-refractivity contribution in [3.63, 3.8) is 0 Å². The van der Waals surface area contributed by atoms with Crippen molar-refractivity contribution in [2.45, 2.75) is 19.8 Å². The molecule has 0 aliphatic rings. The lowest BCUT2D eigenvalue weighted by Gasteiger charge is -2.12. The summed E-state index contributed by atoms with van der Waals surface area (Å²) < 4.78 is 0. The fourth-order valence-electron chi connectivity index (χ4n) is 2.00. The summed E-state index contributed by atoms with van der Waals surface area (Å²) in [5.41, 5.74) is 7.50. The molecule has 1 unspecified atom stereocenters. The van der Waals surface area contributed by atoms with Crippen molar-refractivity contribution in [1.29, 1.82) is 0 Å². The molecule has 0 aliphatic heterocycles. The predicted molar refractivity (Wildman–Crippen MR) is 74.4 cm³/mol. The van der Waals surface area contributed by atoms with Gasteiger partial charge >= 0.3 is 0 Å². The van der Waals surface area contributed by atoms with Gasteiger partial charge < -0.3 is 16.0 Å². The summed E-state index contributed by atoms with van der Waals surface area (Å²) in [6, 6.07) is 7.82. The topological polar surface area (TPSA) is 70.9 Å². The molecule has 2 rings (SSSR count). The zero-order valence-corrected chi connectivity index (χ0v) is 10.6. The number of aromatic amines is 1. The largest absolute Gasteiger partial charge is 0.361 e. The minimum atomic E-state index is 0.0298. The van der Waals surface area contributed by atoms with Gasteiger partial charge in [0.2, 0.25) is 5.91 Å². The fraction of sp³-hybridized carbons (Fsp3) is 0.357. The van der Waals surface area contributed by atoms with Gasteiger partial charge in [-0.1, -0.05) is 13.3 Å². The minimum absolute atomic E-state index is 0.0298. The number of amides is 1. The second-order valence-electron chi connectivity index (χ2n) is 4.54. The van der Waals surface area contributed by atoms with Crippen LogP contribution in [0.5, 0.6) is 0 Å². The number of H-pyrrole nitrogens is 1. The molecule has 0 fully saturated rings. The van der Waals surface area contributed by atoms with E-state index in [1.165, 1.54) is 0 Å². The standard InChI is InChI=1S/C14H19N3O/c1-2-10(9-15)7-14(18)17-12-3-4-13-11(8-12)5-6-16-13/h3-6,8,10,16H,2,7,9,15H2,1H3,(H,17,18). The van der Waals surface area contributed by atoms with Crippen molar-refractivity contribution in [2.75, 3.05) is 11.9 Å². The Morgan fingerprint density at radius 3 is 3.00 bits per heavy atom. The van der Waals surface area contributed by atoms with Gasteiger partial charge in [0, 0.05) is 29.2 Å². The number of carbonyl (C=O) groups is 1. The molecular weight excluding hydrogens is 226 g/mol. The number of nitrogens with two attached hydrogens (primary N) is 1. The highest BCUT2D eigenvalue weighted by molar-refractivity contribution is 5.93. The first-order valence-corrected chi connectivity index (χ1v) is 6.30. The average molecular weight is 245 g/mol. The molecule has 0 saturated heterocycles. The molecule has 0 spiro atoms. The molecule has 4 N–H and O–H groups in total. The zero-order chi connectivity index (χ0) is 13.0. The van der Waals surface area contributed by atoms with E-state index >= 15 is 0 Å². The van der Waals surface area contributed by atoms with E-state index in [4.69, 9.17) is 5.73 Å². The Hall–Kier alpha value is -1.81. The van der Waals surface area contributed by atoms with E-state index in [9.17, 15) is 4.79 Å². The molecule has 4 heteroatoms. The molecule has 1 aromatic heterocycles. The minimum Gasteiger partial charge on any atom is -0.361 e. The lowest BCUT2D eigenvalue weighted by atomic mass is 10.0. The summed E-state index contributed by atoms with van der Waals surface area (Å²) in [5.74, 6) is 0.295. The number of nitrogens with one attached hydrogen (secondary N) is 2. The Labute approximate surface area is 107 Å². The third-order valence-electron chi connectivity index (χ3n) is 3.22. The van der Waals surface area contributed by atoms with E-state index in [1.807, 2.05) is 30.5 Å². The van der Waals surface area contributed by atoms with Crippen molar-refractivity contribution >= 4 is 22.5 Å². The molecule has 0 saturated carbocycles. The Morgan fingerprint density at radius 1 is 1.44 bits per heavy atom. The number of hydrogen-bond donors (Lipinski definition) is 3. The molecule has 18 heavy (non-hydrogen) atoms. The van der Waals surface area contributed by atoms with Gasteiger partial charge in [0.25, 0.3) is 0 Å². The van der Waals surface area contributed by atoms with E-state index in [0.29, 0.717) is 13.0 Å². The highest BCUT2D eigenvalue weighted by Crippen LogP contribution is 2.18. The van der Waals surface area contributed by atoms with E-state index in [2.05, 4.69) is 17.2 Å². The first kappa shape index (κ1) is 12.6. The van der Waals surface area contributed by atoms with Crippen LogP contribution in [0, 0.1) is 5.92 Å². The van der Waals surface area contributed by atoms with Crippen LogP contribution in [0.25, 0.3) is 10.9 Å². The van der Waals surface area contributed by atoms with Crippen molar-refractivity contribution in [3.05, 3.63) is 30.5 Å². The number of anilines is 1. The Bertz CT molecular complexity index is 529. The first-order chi connectivity index (χ1) is 8.72. The lowest BCUT2D eigenvalue weighted by molar-refractivity contribution is -0.117. The summed E-state index contributed by atoms with van der Waals surface area (Å²) in [4.78, 5) is 15.0. The van der Waals surface area contributed by atoms with Crippen LogP contribution >= 0.6 is 0 Å². The molecule has 96 valence electrons. The normalized spacial score (nSPS) is 12.6. The number of benzene rings is 1. The summed E-state index contributed by atoms with van der Waals surface area (Å²) in [6.45, 7) is 2.61. The highest BCUT2D eigenvalue weighted by Gasteiger charge is 2.10. The zero-order valence-electron chi connectivity index (χ0n) is 10.6. The number of fused-ring (bicyclic) bond motifs is 1. The lowest BCUT2D eigenvalue weighted by Crippen LogP contribution is -2.21. The third kappa shape index (κ3) is 2.90. The van der Waals surface area contributed by atoms with E-state index in [-0.39, 0.29) is 11.8 Å². The number of carbonyl (C=O) groups excluding carboxylic acids is 1. The molecule has 2 aromatic rings. The molecule has 0 bridgehead atoms. The van der Waals surface area contributed by atoms with E-state index in [0.717, 1.165) is 23.0 Å². The molecule has 1 atom stereocenters. The van der Waals surface area contributed by atoms with Crippen molar-refractivity contribution in [3.8, 4) is 0 Å². The molecule has 1 amide bonds. The fourth-order valence-corrected chi connectivity index (χ4v) is 2.00. The summed E-state index contributed by atoms with van der Waals surface area (Å²) in [6.07, 6.45) is 3.30. The smallest absolute Gasteiger partial charge is 0.224 e. The van der Waals surface area contributed by atoms with Crippen LogP contribution < -0.4 is 11.1 Å². The van der Waals surface area contributed by atoms with Crippen molar-refractivity contribution in [1.82, 2.24) is 4.98 Å². The summed E-state index contributed by atoms with van der Waals surface area (Å²) in [7, 11) is 0. The van der Waals surface area contributed by atoms with Crippen LogP contribution in [0.3, 0.4) is 0 Å². The summed E-state index contributed by atoms with van der Waals surface area (Å²) in [5, 5.41) is 4.01. The number of aromatic nitrogens is 1. The van der Waals surface area contributed by atoms with Crippen LogP contribution in [0.4, 0.5) is 5.69 Å². The number of hydrogen-bond acceptors (Lipinski definition) is 2. The van der Waals surface area contributed by atoms with Crippen LogP contribution in [0.2, 0.25) is 0 Å². The Kier molecular flexibility index (Phi) is 3.99. The monoisotopic (exact) mass is 245 g/mol. The van der Waals surface area contributed by atoms with Gasteiger partial charge in [-0.2, -0.15) is 0 Å². The van der Waals surface area contributed by atoms with Gasteiger partial charge in [0.05, 0.1) is 0 Å². The highest BCUT2D eigenvalue weighted by atomic mass is 16.1. The van der Waals surface area contributed by atoms with E-state index < -0.39 is 0 Å². The SMILES string of the molecule is CCC(CN)CC(=O)Nc1ccc2[nH]ccc2c1. The first-order valence-electron chi connectivity index (χ1n) is 6.30. The predicted octanol–water partition coefficient (Wildman–Crippen LogP) is 2.48. The second kappa shape index (κ2) is 5.69. The molecule has 1 aromatic carbocycles. The molecule has 0 radical (unpaired) electrons. The van der Waals surface area contributed by atoms with Crippen LogP contribution in [-0.2, 0) is 4.79 Å².